The Labute approximate surface area is 124 Å². The second kappa shape index (κ2) is 5.38. The summed E-state index contributed by atoms with van der Waals surface area (Å²) in [5.41, 5.74) is 8.39. The number of nitrogen functional groups attached to an aromatic ring is 1. The molecule has 3 aromatic rings. The molecule has 0 bridgehead atoms. The molecule has 0 spiro atoms. The Bertz CT molecular complexity index is 727. The summed E-state index contributed by atoms with van der Waals surface area (Å²) >= 11 is 3.39. The zero-order chi connectivity index (χ0) is 13.9. The van der Waals surface area contributed by atoms with Crippen LogP contribution in [0.4, 0.5) is 5.82 Å². The summed E-state index contributed by atoms with van der Waals surface area (Å²) in [6, 6.07) is 17.4. The molecule has 2 N–H and O–H groups in total. The summed E-state index contributed by atoms with van der Waals surface area (Å²) in [5.74, 6) is 0.902. The molecule has 20 heavy (non-hydrogen) atoms. The first-order valence-electron chi connectivity index (χ1n) is 6.05. The van der Waals surface area contributed by atoms with Gasteiger partial charge in [-0.1, -0.05) is 58.4 Å². The topological polar surface area (TPSA) is 64.7 Å². The molecule has 2 aromatic carbocycles. The third-order valence-corrected chi connectivity index (χ3v) is 3.39. The Hall–Kier alpha value is -2.27. The van der Waals surface area contributed by atoms with Crippen molar-refractivity contribution in [2.24, 2.45) is 0 Å². The normalized spacial score (nSPS) is 10.4. The maximum absolute atomic E-state index is 6.00. The van der Waals surface area contributed by atoms with Gasteiger partial charge in [0.05, 0.1) is 0 Å². The molecule has 0 amide bonds. The molecular weight excluding hydrogens is 316 g/mol. The fraction of sp³-hybridized carbons (Fsp3) is 0. The summed E-state index contributed by atoms with van der Waals surface area (Å²) < 4.78 is 1.00. The summed E-state index contributed by atoms with van der Waals surface area (Å²) in [4.78, 5) is 4.34. The number of halogens is 1. The Morgan fingerprint density at radius 2 is 1.50 bits per heavy atom. The van der Waals surface area contributed by atoms with E-state index < -0.39 is 0 Å². The van der Waals surface area contributed by atoms with E-state index in [1.54, 1.807) is 0 Å². The van der Waals surface area contributed by atoms with Crippen LogP contribution in [0.25, 0.3) is 22.6 Å². The van der Waals surface area contributed by atoms with Crippen LogP contribution < -0.4 is 5.73 Å². The number of hydrogen-bond acceptors (Lipinski definition) is 4. The summed E-state index contributed by atoms with van der Waals surface area (Å²) in [5, 5.41) is 8.36. The second-order valence-corrected chi connectivity index (χ2v) is 5.16. The number of benzene rings is 2. The van der Waals surface area contributed by atoms with E-state index in [1.165, 1.54) is 0 Å². The summed E-state index contributed by atoms with van der Waals surface area (Å²) in [6.45, 7) is 0. The van der Waals surface area contributed by atoms with Crippen molar-refractivity contribution in [2.75, 3.05) is 5.73 Å². The molecule has 0 unspecified atom stereocenters. The van der Waals surface area contributed by atoms with E-state index >= 15 is 0 Å². The van der Waals surface area contributed by atoms with Gasteiger partial charge in [-0.2, -0.15) is 0 Å². The van der Waals surface area contributed by atoms with Gasteiger partial charge in [-0.25, -0.2) is 4.98 Å². The van der Waals surface area contributed by atoms with Crippen LogP contribution in [0.5, 0.6) is 0 Å². The molecule has 3 rings (SSSR count). The van der Waals surface area contributed by atoms with Crippen molar-refractivity contribution in [3.8, 4) is 22.6 Å². The van der Waals surface area contributed by atoms with Crippen molar-refractivity contribution in [3.05, 3.63) is 59.1 Å². The van der Waals surface area contributed by atoms with Gasteiger partial charge in [0.2, 0.25) is 0 Å². The zero-order valence-electron chi connectivity index (χ0n) is 10.5. The van der Waals surface area contributed by atoms with E-state index in [9.17, 15) is 0 Å². The van der Waals surface area contributed by atoms with Gasteiger partial charge in [0.15, 0.2) is 11.6 Å². The second-order valence-electron chi connectivity index (χ2n) is 4.24. The van der Waals surface area contributed by atoms with E-state index in [-0.39, 0.29) is 0 Å². The molecule has 0 radical (unpaired) electrons. The molecule has 0 saturated heterocycles. The lowest BCUT2D eigenvalue weighted by Gasteiger charge is -2.05. The van der Waals surface area contributed by atoms with Crippen molar-refractivity contribution in [2.45, 2.75) is 0 Å². The average molecular weight is 327 g/mol. The van der Waals surface area contributed by atoms with E-state index in [0.717, 1.165) is 15.6 Å². The summed E-state index contributed by atoms with van der Waals surface area (Å²) in [7, 11) is 0. The van der Waals surface area contributed by atoms with Crippen molar-refractivity contribution >= 4 is 21.7 Å². The fourth-order valence-electron chi connectivity index (χ4n) is 1.86. The highest BCUT2D eigenvalue weighted by Gasteiger charge is 2.09. The van der Waals surface area contributed by atoms with Gasteiger partial charge in [-0.05, 0) is 12.1 Å². The number of rotatable bonds is 2. The maximum atomic E-state index is 6.00. The lowest BCUT2D eigenvalue weighted by Crippen LogP contribution is -2.02. The fourth-order valence-corrected chi connectivity index (χ4v) is 2.13. The van der Waals surface area contributed by atoms with E-state index in [2.05, 4.69) is 31.1 Å². The van der Waals surface area contributed by atoms with Gasteiger partial charge in [0, 0.05) is 15.6 Å². The molecule has 0 aliphatic heterocycles. The van der Waals surface area contributed by atoms with Gasteiger partial charge in [0.25, 0.3) is 0 Å². The van der Waals surface area contributed by atoms with Crippen LogP contribution in [0.15, 0.2) is 59.1 Å². The Kier molecular flexibility index (Phi) is 3.43. The van der Waals surface area contributed by atoms with Crippen molar-refractivity contribution < 1.29 is 0 Å². The van der Waals surface area contributed by atoms with Gasteiger partial charge in [0.1, 0.15) is 5.69 Å². The van der Waals surface area contributed by atoms with E-state index in [0.29, 0.717) is 17.3 Å². The highest BCUT2D eigenvalue weighted by Crippen LogP contribution is 2.24. The molecular formula is C15H11BrN4. The largest absolute Gasteiger partial charge is 0.382 e. The van der Waals surface area contributed by atoms with Crippen LogP contribution >= 0.6 is 15.9 Å². The van der Waals surface area contributed by atoms with Crippen LogP contribution in [0.2, 0.25) is 0 Å². The quantitative estimate of drug-likeness (QED) is 0.782. The number of aromatic nitrogens is 3. The average Bonchev–Trinajstić information content (AvgIpc) is 2.49. The first kappa shape index (κ1) is 12.7. The molecule has 1 heterocycles. The molecule has 0 aliphatic carbocycles. The van der Waals surface area contributed by atoms with E-state index in [1.807, 2.05) is 54.6 Å². The Morgan fingerprint density at radius 1 is 0.800 bits per heavy atom. The molecule has 0 saturated carbocycles. The number of hydrogen-bond donors (Lipinski definition) is 1. The predicted octanol–water partition coefficient (Wildman–Crippen LogP) is 3.55. The first-order chi connectivity index (χ1) is 9.74. The molecule has 0 atom stereocenters. The van der Waals surface area contributed by atoms with Crippen LogP contribution in [0.3, 0.4) is 0 Å². The zero-order valence-corrected chi connectivity index (χ0v) is 12.1. The highest BCUT2D eigenvalue weighted by atomic mass is 79.9. The molecule has 98 valence electrons. The molecule has 0 fully saturated rings. The van der Waals surface area contributed by atoms with Crippen molar-refractivity contribution in [1.29, 1.82) is 0 Å². The molecule has 4 nitrogen and oxygen atoms in total. The summed E-state index contributed by atoms with van der Waals surface area (Å²) in [6.07, 6.45) is 0. The molecule has 0 aliphatic rings. The van der Waals surface area contributed by atoms with Gasteiger partial charge in [-0.15, -0.1) is 10.2 Å². The third-order valence-electron chi connectivity index (χ3n) is 2.86. The first-order valence-corrected chi connectivity index (χ1v) is 6.85. The lowest BCUT2D eigenvalue weighted by atomic mass is 10.1. The predicted molar refractivity (Wildman–Crippen MR) is 82.8 cm³/mol. The van der Waals surface area contributed by atoms with E-state index in [4.69, 9.17) is 5.73 Å². The van der Waals surface area contributed by atoms with Crippen LogP contribution in [0.1, 0.15) is 0 Å². The minimum atomic E-state index is 0.379. The highest BCUT2D eigenvalue weighted by molar-refractivity contribution is 9.10. The van der Waals surface area contributed by atoms with Gasteiger partial charge < -0.3 is 5.73 Å². The Morgan fingerprint density at radius 3 is 2.15 bits per heavy atom. The minimum Gasteiger partial charge on any atom is -0.382 e. The number of anilines is 1. The SMILES string of the molecule is Nc1nc(-c2ccc(Br)cc2)nnc1-c1ccccc1. The smallest absolute Gasteiger partial charge is 0.183 e. The standard InChI is InChI=1S/C15H11BrN4/c16-12-8-6-11(7-9-12)15-18-14(17)13(19-20-15)10-4-2-1-3-5-10/h1-9H,(H2,17,18,20). The van der Waals surface area contributed by atoms with Crippen LogP contribution in [-0.2, 0) is 0 Å². The van der Waals surface area contributed by atoms with Crippen molar-refractivity contribution in [1.82, 2.24) is 15.2 Å². The van der Waals surface area contributed by atoms with Crippen LogP contribution in [0, 0.1) is 0 Å². The third kappa shape index (κ3) is 2.53. The maximum Gasteiger partial charge on any atom is 0.183 e. The van der Waals surface area contributed by atoms with Crippen molar-refractivity contribution in [3.63, 3.8) is 0 Å². The lowest BCUT2D eigenvalue weighted by molar-refractivity contribution is 0.994. The molecule has 1 aromatic heterocycles. The number of nitrogens with two attached hydrogens (primary N) is 1. The molecule has 5 heteroatoms. The minimum absolute atomic E-state index is 0.379. The number of nitrogens with zero attached hydrogens (tertiary/aromatic N) is 3. The monoisotopic (exact) mass is 326 g/mol. The van der Waals surface area contributed by atoms with Gasteiger partial charge in [-0.3, -0.25) is 0 Å². The van der Waals surface area contributed by atoms with Crippen LogP contribution in [-0.4, -0.2) is 15.2 Å². The Balaban J connectivity index is 2.01. The van der Waals surface area contributed by atoms with Gasteiger partial charge >= 0.3 is 0 Å².